The minimum absolute atomic E-state index is 0.0668. The molecule has 34 heavy (non-hydrogen) atoms. The number of thioether (sulfide) groups is 1. The Morgan fingerprint density at radius 1 is 1.06 bits per heavy atom. The van der Waals surface area contributed by atoms with Gasteiger partial charge < -0.3 is 9.88 Å². The van der Waals surface area contributed by atoms with Crippen LogP contribution in [0.25, 0.3) is 27.6 Å². The second kappa shape index (κ2) is 9.56. The molecule has 172 valence electrons. The first-order valence-corrected chi connectivity index (χ1v) is 12.1. The largest absolute Gasteiger partial charge is 0.355 e. The number of aryl methyl sites for hydroxylation is 1. The monoisotopic (exact) mass is 472 g/mol. The van der Waals surface area contributed by atoms with Gasteiger partial charge >= 0.3 is 0 Å². The molecular formula is C25H24N6O2S. The molecule has 1 N–H and O–H groups in total. The fourth-order valence-electron chi connectivity index (χ4n) is 4.11. The lowest BCUT2D eigenvalue weighted by Crippen LogP contribution is -2.27. The maximum Gasteiger partial charge on any atom is 0.263 e. The summed E-state index contributed by atoms with van der Waals surface area (Å²) in [6, 6.07) is 17.7. The number of hydrogen-bond acceptors (Lipinski definition) is 5. The van der Waals surface area contributed by atoms with Crippen LogP contribution in [0, 0.1) is 0 Å². The Morgan fingerprint density at radius 2 is 1.85 bits per heavy atom. The second-order valence-electron chi connectivity index (χ2n) is 7.90. The normalized spacial score (nSPS) is 11.4. The first-order valence-electron chi connectivity index (χ1n) is 11.1. The van der Waals surface area contributed by atoms with Crippen LogP contribution in [-0.4, -0.2) is 41.9 Å². The molecule has 3 heterocycles. The summed E-state index contributed by atoms with van der Waals surface area (Å²) in [5, 5.41) is 13.8. The fraction of sp³-hybridized carbons (Fsp3) is 0.200. The van der Waals surface area contributed by atoms with Crippen LogP contribution in [0.5, 0.6) is 0 Å². The highest BCUT2D eigenvalue weighted by atomic mass is 32.2. The molecule has 0 fully saturated rings. The van der Waals surface area contributed by atoms with Gasteiger partial charge in [0.25, 0.3) is 5.56 Å². The smallest absolute Gasteiger partial charge is 0.263 e. The number of rotatable bonds is 9. The predicted octanol–water partition coefficient (Wildman–Crippen LogP) is 3.48. The van der Waals surface area contributed by atoms with Crippen LogP contribution in [0.3, 0.4) is 0 Å². The summed E-state index contributed by atoms with van der Waals surface area (Å²) >= 11 is 1.30. The van der Waals surface area contributed by atoms with Crippen molar-refractivity contribution in [2.75, 3.05) is 12.3 Å². The van der Waals surface area contributed by atoms with Crippen molar-refractivity contribution in [1.29, 1.82) is 0 Å². The summed E-state index contributed by atoms with van der Waals surface area (Å²) < 4.78 is 5.57. The van der Waals surface area contributed by atoms with Crippen molar-refractivity contribution in [3.05, 3.63) is 83.8 Å². The molecule has 0 aliphatic heterocycles. The third-order valence-electron chi connectivity index (χ3n) is 5.70. The van der Waals surface area contributed by atoms with Gasteiger partial charge in [0, 0.05) is 31.3 Å². The van der Waals surface area contributed by atoms with E-state index < -0.39 is 0 Å². The molecule has 5 rings (SSSR count). The summed E-state index contributed by atoms with van der Waals surface area (Å²) in [5.41, 5.74) is 1.78. The van der Waals surface area contributed by atoms with Gasteiger partial charge in [-0.05, 0) is 36.1 Å². The SMILES string of the molecule is C=CCn1c(=O)c2ccccc2n2c(SCC(=O)NCCCn3ccc4ccccc43)nnc12. The highest BCUT2D eigenvalue weighted by Gasteiger charge is 2.17. The lowest BCUT2D eigenvalue weighted by Gasteiger charge is -2.10. The summed E-state index contributed by atoms with van der Waals surface area (Å²) in [6.07, 6.45) is 4.57. The summed E-state index contributed by atoms with van der Waals surface area (Å²) in [5.74, 6) is 0.579. The van der Waals surface area contributed by atoms with Crippen LogP contribution in [0.15, 0.2) is 83.4 Å². The van der Waals surface area contributed by atoms with E-state index in [1.807, 2.05) is 34.7 Å². The van der Waals surface area contributed by atoms with Crippen molar-refractivity contribution in [3.63, 3.8) is 0 Å². The number of amides is 1. The van der Waals surface area contributed by atoms with E-state index in [1.165, 1.54) is 27.2 Å². The zero-order valence-electron chi connectivity index (χ0n) is 18.6. The van der Waals surface area contributed by atoms with Crippen molar-refractivity contribution >= 4 is 45.3 Å². The number of hydrogen-bond donors (Lipinski definition) is 1. The Morgan fingerprint density at radius 3 is 2.71 bits per heavy atom. The molecule has 3 aromatic heterocycles. The zero-order valence-corrected chi connectivity index (χ0v) is 19.4. The van der Waals surface area contributed by atoms with E-state index in [0.29, 0.717) is 29.4 Å². The fourth-order valence-corrected chi connectivity index (χ4v) is 4.88. The molecule has 0 radical (unpaired) electrons. The van der Waals surface area contributed by atoms with Gasteiger partial charge in [0.15, 0.2) is 5.16 Å². The predicted molar refractivity (Wildman–Crippen MR) is 135 cm³/mol. The quantitative estimate of drug-likeness (QED) is 0.202. The first kappa shape index (κ1) is 22.0. The summed E-state index contributed by atoms with van der Waals surface area (Å²) in [6.45, 7) is 5.49. The molecule has 1 amide bonds. The first-order chi connectivity index (χ1) is 16.7. The number of aromatic nitrogens is 5. The van der Waals surface area contributed by atoms with Gasteiger partial charge in [0.1, 0.15) is 0 Å². The van der Waals surface area contributed by atoms with Crippen molar-refractivity contribution in [2.45, 2.75) is 24.7 Å². The van der Waals surface area contributed by atoms with Crippen LogP contribution in [0.1, 0.15) is 6.42 Å². The minimum Gasteiger partial charge on any atom is -0.355 e. The van der Waals surface area contributed by atoms with Gasteiger partial charge in [-0.25, -0.2) is 0 Å². The lowest BCUT2D eigenvalue weighted by molar-refractivity contribution is -0.118. The molecule has 8 nitrogen and oxygen atoms in total. The second-order valence-corrected chi connectivity index (χ2v) is 8.84. The van der Waals surface area contributed by atoms with Gasteiger partial charge in [-0.2, -0.15) is 0 Å². The van der Waals surface area contributed by atoms with E-state index >= 15 is 0 Å². The average molecular weight is 473 g/mol. The van der Waals surface area contributed by atoms with Crippen molar-refractivity contribution < 1.29 is 4.79 Å². The number of benzene rings is 2. The number of nitrogens with one attached hydrogen (secondary N) is 1. The molecule has 0 spiro atoms. The third kappa shape index (κ3) is 4.10. The molecule has 0 bridgehead atoms. The topological polar surface area (TPSA) is 86.2 Å². The standard InChI is InChI=1S/C25H24N6O2S/c1-2-14-30-23(33)19-9-4-6-11-21(19)31-24(30)27-28-25(31)34-17-22(32)26-13-7-15-29-16-12-18-8-3-5-10-20(18)29/h2-6,8-12,16H,1,7,13-15,17H2,(H,26,32). The number of carbonyl (C=O) groups is 1. The molecule has 0 unspecified atom stereocenters. The number of carbonyl (C=O) groups excluding carboxylic acids is 1. The highest BCUT2D eigenvalue weighted by Crippen LogP contribution is 2.21. The molecule has 0 saturated carbocycles. The Bertz CT molecular complexity index is 1560. The van der Waals surface area contributed by atoms with Gasteiger partial charge in [-0.1, -0.05) is 48.2 Å². The Hall–Kier alpha value is -3.85. The lowest BCUT2D eigenvalue weighted by atomic mass is 10.2. The van der Waals surface area contributed by atoms with Gasteiger partial charge in [-0.3, -0.25) is 18.6 Å². The molecule has 9 heteroatoms. The van der Waals surface area contributed by atoms with E-state index in [9.17, 15) is 9.59 Å². The summed E-state index contributed by atoms with van der Waals surface area (Å²) in [7, 11) is 0. The molecular weight excluding hydrogens is 448 g/mol. The number of nitrogens with zero attached hydrogens (tertiary/aromatic N) is 5. The van der Waals surface area contributed by atoms with Crippen LogP contribution >= 0.6 is 11.8 Å². The van der Waals surface area contributed by atoms with Gasteiger partial charge in [-0.15, -0.1) is 16.8 Å². The molecule has 0 aliphatic rings. The van der Waals surface area contributed by atoms with Crippen molar-refractivity contribution in [2.24, 2.45) is 0 Å². The maximum absolute atomic E-state index is 12.9. The van der Waals surface area contributed by atoms with E-state index in [1.54, 1.807) is 12.1 Å². The van der Waals surface area contributed by atoms with Crippen LogP contribution in [-0.2, 0) is 17.9 Å². The number of allylic oxidation sites excluding steroid dienone is 1. The Labute approximate surface area is 199 Å². The van der Waals surface area contributed by atoms with Crippen LogP contribution in [0.2, 0.25) is 0 Å². The van der Waals surface area contributed by atoms with Crippen molar-refractivity contribution in [1.82, 2.24) is 29.0 Å². The minimum atomic E-state index is -0.139. The molecule has 2 aromatic carbocycles. The third-order valence-corrected chi connectivity index (χ3v) is 6.63. The maximum atomic E-state index is 12.9. The van der Waals surface area contributed by atoms with Gasteiger partial charge in [0.05, 0.1) is 16.7 Å². The van der Waals surface area contributed by atoms with E-state index in [4.69, 9.17) is 0 Å². The molecule has 0 saturated heterocycles. The molecule has 0 atom stereocenters. The molecule has 0 aliphatic carbocycles. The Balaban J connectivity index is 1.24. The van der Waals surface area contributed by atoms with Gasteiger partial charge in [0.2, 0.25) is 11.7 Å². The van der Waals surface area contributed by atoms with Crippen LogP contribution in [0.4, 0.5) is 0 Å². The Kier molecular flexibility index (Phi) is 6.18. The summed E-state index contributed by atoms with van der Waals surface area (Å²) in [4.78, 5) is 25.3. The van der Waals surface area contributed by atoms with E-state index in [2.05, 4.69) is 51.1 Å². The number of para-hydroxylation sites is 2. The molecule has 5 aromatic rings. The zero-order chi connectivity index (χ0) is 23.5. The van der Waals surface area contributed by atoms with Crippen LogP contribution < -0.4 is 10.9 Å². The van der Waals surface area contributed by atoms with E-state index in [0.717, 1.165) is 18.5 Å². The number of fused-ring (bicyclic) bond motifs is 4. The average Bonchev–Trinajstić information content (AvgIpc) is 3.48. The highest BCUT2D eigenvalue weighted by molar-refractivity contribution is 7.99. The van der Waals surface area contributed by atoms with E-state index in [-0.39, 0.29) is 17.2 Å². The van der Waals surface area contributed by atoms with Crippen molar-refractivity contribution in [3.8, 4) is 0 Å².